The molecule has 0 radical (unpaired) electrons. The topological polar surface area (TPSA) is 105 Å². The van der Waals surface area contributed by atoms with Gasteiger partial charge in [-0.2, -0.15) is 0 Å². The summed E-state index contributed by atoms with van der Waals surface area (Å²) in [4.78, 5) is 16.5. The molecule has 30 heavy (non-hydrogen) atoms. The molecular formula is C22H23N5O2S. The predicted molar refractivity (Wildman–Crippen MR) is 117 cm³/mol. The lowest BCUT2D eigenvalue weighted by Gasteiger charge is -2.18. The monoisotopic (exact) mass is 421 g/mol. The molecule has 3 N–H and O–H groups in total. The third-order valence-corrected chi connectivity index (χ3v) is 7.29. The van der Waals surface area contributed by atoms with Crippen molar-refractivity contribution in [3.05, 3.63) is 54.5 Å². The number of pyridine rings is 1. The molecule has 3 heterocycles. The zero-order valence-electron chi connectivity index (χ0n) is 16.5. The molecule has 154 valence electrons. The highest BCUT2D eigenvalue weighted by molar-refractivity contribution is 7.85. The maximum absolute atomic E-state index is 12.6. The second-order valence-electron chi connectivity index (χ2n) is 7.92. The number of fused-ring (bicyclic) bond motifs is 2. The minimum atomic E-state index is -1.13. The maximum atomic E-state index is 12.6. The van der Waals surface area contributed by atoms with E-state index in [2.05, 4.69) is 25.9 Å². The van der Waals surface area contributed by atoms with Crippen LogP contribution in [0.15, 0.2) is 53.8 Å². The molecule has 1 saturated carbocycles. The van der Waals surface area contributed by atoms with Gasteiger partial charge in [-0.15, -0.1) is 0 Å². The molecule has 1 atom stereocenters. The number of aliphatic hydroxyl groups is 1. The summed E-state index contributed by atoms with van der Waals surface area (Å²) in [5.74, 6) is 1.09. The van der Waals surface area contributed by atoms with Gasteiger partial charge in [-0.3, -0.25) is 9.19 Å². The fourth-order valence-electron chi connectivity index (χ4n) is 4.07. The van der Waals surface area contributed by atoms with Crippen LogP contribution in [0.5, 0.6) is 0 Å². The minimum absolute atomic E-state index is 0.0496. The molecule has 0 saturated heterocycles. The number of nitrogens with zero attached hydrogens (tertiary/aromatic N) is 4. The van der Waals surface area contributed by atoms with Gasteiger partial charge in [-0.25, -0.2) is 9.97 Å². The summed E-state index contributed by atoms with van der Waals surface area (Å²) in [6.45, 7) is 0.888. The third-order valence-electron chi connectivity index (χ3n) is 5.86. The molecule has 0 bridgehead atoms. The van der Waals surface area contributed by atoms with Crippen LogP contribution in [0.3, 0.4) is 0 Å². The summed E-state index contributed by atoms with van der Waals surface area (Å²) in [6, 6.07) is 9.63. The van der Waals surface area contributed by atoms with Crippen molar-refractivity contribution in [1.82, 2.24) is 15.0 Å². The molecule has 5 rings (SSSR count). The zero-order chi connectivity index (χ0) is 20.7. The number of benzene rings is 1. The molecule has 1 aromatic carbocycles. The molecule has 7 nitrogen and oxygen atoms in total. The van der Waals surface area contributed by atoms with E-state index in [1.807, 2.05) is 12.1 Å². The smallest absolute Gasteiger partial charge is 0.229 e. The van der Waals surface area contributed by atoms with Crippen LogP contribution in [-0.2, 0) is 16.2 Å². The van der Waals surface area contributed by atoms with Crippen molar-refractivity contribution in [3.63, 3.8) is 0 Å². The largest absolute Gasteiger partial charge is 0.399 e. The lowest BCUT2D eigenvalue weighted by Crippen LogP contribution is -2.21. The predicted octanol–water partition coefficient (Wildman–Crippen LogP) is 2.79. The average Bonchev–Trinajstić information content (AvgIpc) is 3.48. The van der Waals surface area contributed by atoms with Crippen molar-refractivity contribution >= 4 is 28.1 Å². The highest BCUT2D eigenvalue weighted by atomic mass is 32.2. The Morgan fingerprint density at radius 2 is 1.93 bits per heavy atom. The number of hydrogen-bond acceptors (Lipinski definition) is 7. The summed E-state index contributed by atoms with van der Waals surface area (Å²) in [5.41, 5.74) is 10.5. The van der Waals surface area contributed by atoms with Crippen LogP contribution in [0.1, 0.15) is 24.8 Å². The number of rotatable bonds is 6. The molecule has 8 heteroatoms. The summed E-state index contributed by atoms with van der Waals surface area (Å²) < 4.78 is 12.6. The summed E-state index contributed by atoms with van der Waals surface area (Å²) in [6.07, 6.45) is 8.03. The number of hydrogen-bond donors (Lipinski definition) is 2. The van der Waals surface area contributed by atoms with E-state index < -0.39 is 10.8 Å². The lowest BCUT2D eigenvalue weighted by atomic mass is 9.99. The van der Waals surface area contributed by atoms with E-state index >= 15 is 0 Å². The van der Waals surface area contributed by atoms with Crippen LogP contribution < -0.4 is 10.6 Å². The second kappa shape index (κ2) is 7.45. The van der Waals surface area contributed by atoms with Gasteiger partial charge in [0.2, 0.25) is 5.95 Å². The van der Waals surface area contributed by atoms with Crippen molar-refractivity contribution in [1.29, 1.82) is 0 Å². The highest BCUT2D eigenvalue weighted by Crippen LogP contribution is 2.57. The Kier molecular flexibility index (Phi) is 4.75. The van der Waals surface area contributed by atoms with E-state index in [9.17, 15) is 4.21 Å². The maximum Gasteiger partial charge on any atom is 0.229 e. The van der Waals surface area contributed by atoms with Gasteiger partial charge in [0, 0.05) is 64.7 Å². The average molecular weight is 422 g/mol. The van der Waals surface area contributed by atoms with Gasteiger partial charge >= 0.3 is 0 Å². The Bertz CT molecular complexity index is 1110. The summed E-state index contributed by atoms with van der Waals surface area (Å²) in [7, 11) is -1.13. The van der Waals surface area contributed by atoms with Crippen LogP contribution >= 0.6 is 0 Å². The summed E-state index contributed by atoms with van der Waals surface area (Å²) >= 11 is 0. The standard InChI is InChI=1S/C22H23N5O2S/c23-16-4-7-24-19(10-16)15-12-25-21(26-13-15)27-14-22(5-6-22)18-3-2-17(11-20(18)27)30(29)9-1-8-28/h2-4,7,10-13,28H,1,5-6,8-9,14H2,(H2,23,24). The lowest BCUT2D eigenvalue weighted by molar-refractivity contribution is 0.296. The number of aliphatic hydroxyl groups excluding tert-OH is 1. The van der Waals surface area contributed by atoms with Crippen LogP contribution in [0.25, 0.3) is 11.3 Å². The van der Waals surface area contributed by atoms with Gasteiger partial charge in [0.1, 0.15) is 0 Å². The molecule has 1 aliphatic heterocycles. The molecule has 1 spiro atoms. The molecular weight excluding hydrogens is 398 g/mol. The van der Waals surface area contributed by atoms with E-state index in [4.69, 9.17) is 10.8 Å². The SMILES string of the molecule is Nc1ccnc(-c2cnc(N3CC4(CC4)c4ccc(S(=O)CCCO)cc43)nc2)c1. The van der Waals surface area contributed by atoms with Crippen LogP contribution in [0.2, 0.25) is 0 Å². The van der Waals surface area contributed by atoms with Gasteiger partial charge in [-0.05, 0) is 49.1 Å². The van der Waals surface area contributed by atoms with E-state index in [-0.39, 0.29) is 12.0 Å². The number of nitrogens with two attached hydrogens (primary N) is 1. The Morgan fingerprint density at radius 1 is 1.13 bits per heavy atom. The number of nitrogen functional groups attached to an aromatic ring is 1. The van der Waals surface area contributed by atoms with Crippen molar-refractivity contribution < 1.29 is 9.32 Å². The Labute approximate surface area is 177 Å². The first-order chi connectivity index (χ1) is 14.6. The van der Waals surface area contributed by atoms with Gasteiger partial charge < -0.3 is 15.7 Å². The molecule has 3 aromatic rings. The van der Waals surface area contributed by atoms with Gasteiger partial charge in [0.05, 0.1) is 16.5 Å². The first-order valence-electron chi connectivity index (χ1n) is 10.0. The van der Waals surface area contributed by atoms with E-state index in [0.717, 1.165) is 41.2 Å². The first-order valence-corrected chi connectivity index (χ1v) is 11.4. The Morgan fingerprint density at radius 3 is 2.63 bits per heavy atom. The minimum Gasteiger partial charge on any atom is -0.399 e. The second-order valence-corrected chi connectivity index (χ2v) is 9.49. The van der Waals surface area contributed by atoms with Crippen molar-refractivity contribution in [2.24, 2.45) is 0 Å². The first kappa shape index (κ1) is 19.1. The van der Waals surface area contributed by atoms with E-state index in [1.165, 1.54) is 5.56 Å². The number of anilines is 3. The van der Waals surface area contributed by atoms with Crippen molar-refractivity contribution in [2.45, 2.75) is 29.6 Å². The van der Waals surface area contributed by atoms with E-state index in [0.29, 0.717) is 23.8 Å². The normalized spacial score (nSPS) is 17.2. The van der Waals surface area contributed by atoms with Crippen molar-refractivity contribution in [3.8, 4) is 11.3 Å². The summed E-state index contributed by atoms with van der Waals surface area (Å²) in [5, 5.41) is 9.03. The molecule has 0 amide bonds. The van der Waals surface area contributed by atoms with Gasteiger partial charge in [-0.1, -0.05) is 6.07 Å². The fourth-order valence-corrected chi connectivity index (χ4v) is 5.16. The molecule has 1 fully saturated rings. The zero-order valence-corrected chi connectivity index (χ0v) is 17.3. The van der Waals surface area contributed by atoms with Crippen LogP contribution in [0.4, 0.5) is 17.3 Å². The third kappa shape index (κ3) is 3.36. The highest BCUT2D eigenvalue weighted by Gasteiger charge is 2.52. The Balaban J connectivity index is 1.47. The Hall–Kier alpha value is -2.84. The van der Waals surface area contributed by atoms with Gasteiger partial charge in [0.25, 0.3) is 0 Å². The van der Waals surface area contributed by atoms with Gasteiger partial charge in [0.15, 0.2) is 0 Å². The van der Waals surface area contributed by atoms with Crippen LogP contribution in [-0.4, -0.2) is 43.2 Å². The molecule has 2 aromatic heterocycles. The molecule has 1 unspecified atom stereocenters. The number of aromatic nitrogens is 3. The molecule has 2 aliphatic rings. The van der Waals surface area contributed by atoms with Crippen molar-refractivity contribution in [2.75, 3.05) is 29.5 Å². The molecule has 1 aliphatic carbocycles. The van der Waals surface area contributed by atoms with E-state index in [1.54, 1.807) is 30.7 Å². The fraction of sp³-hybridized carbons (Fsp3) is 0.318. The van der Waals surface area contributed by atoms with Crippen LogP contribution in [0, 0.1) is 0 Å². The quantitative estimate of drug-likeness (QED) is 0.630.